The van der Waals surface area contributed by atoms with Gasteiger partial charge in [0.05, 0.1) is 14.2 Å². The fourth-order valence-corrected chi connectivity index (χ4v) is 2.73. The summed E-state index contributed by atoms with van der Waals surface area (Å²) < 4.78 is 16.9. The van der Waals surface area contributed by atoms with Crippen LogP contribution in [0.15, 0.2) is 42.5 Å². The molecule has 2 aromatic carbocycles. The molecule has 4 nitrogen and oxygen atoms in total. The predicted octanol–water partition coefficient (Wildman–Crippen LogP) is 3.23. The Bertz CT molecular complexity index is 642. The Morgan fingerprint density at radius 1 is 1.05 bits per heavy atom. The second kappa shape index (κ2) is 5.66. The van der Waals surface area contributed by atoms with Crippen LogP contribution in [0.2, 0.25) is 0 Å². The molecule has 2 N–H and O–H groups in total. The smallest absolute Gasteiger partial charge is 0.129 e. The summed E-state index contributed by atoms with van der Waals surface area (Å²) in [5.74, 6) is 2.40. The van der Waals surface area contributed by atoms with Gasteiger partial charge in [0.2, 0.25) is 0 Å². The van der Waals surface area contributed by atoms with E-state index in [9.17, 15) is 0 Å². The van der Waals surface area contributed by atoms with Crippen LogP contribution in [0.4, 0.5) is 0 Å². The van der Waals surface area contributed by atoms with Crippen molar-refractivity contribution in [2.45, 2.75) is 18.6 Å². The molecule has 1 heterocycles. The molecule has 0 saturated heterocycles. The zero-order valence-corrected chi connectivity index (χ0v) is 12.2. The summed E-state index contributed by atoms with van der Waals surface area (Å²) >= 11 is 0. The molecular formula is C17H19NO3. The monoisotopic (exact) mass is 285 g/mol. The summed E-state index contributed by atoms with van der Waals surface area (Å²) in [5.41, 5.74) is 8.30. The van der Waals surface area contributed by atoms with E-state index >= 15 is 0 Å². The van der Waals surface area contributed by atoms with Crippen molar-refractivity contribution in [3.05, 3.63) is 53.6 Å². The standard InChI is InChI=1S/C17H19NO3/c1-19-11-7-8-15(20-2)13(9-11)17-10-14(18)12-5-3-4-6-16(12)21-17/h3-9,14,17H,10,18H2,1-2H3. The van der Waals surface area contributed by atoms with E-state index in [1.807, 2.05) is 42.5 Å². The van der Waals surface area contributed by atoms with Gasteiger partial charge in [-0.3, -0.25) is 0 Å². The largest absolute Gasteiger partial charge is 0.497 e. The highest BCUT2D eigenvalue weighted by atomic mass is 16.5. The van der Waals surface area contributed by atoms with Crippen molar-refractivity contribution in [2.75, 3.05) is 14.2 Å². The average Bonchev–Trinajstić information content (AvgIpc) is 2.54. The lowest BCUT2D eigenvalue weighted by Crippen LogP contribution is -2.24. The first-order chi connectivity index (χ1) is 10.2. The number of nitrogens with two attached hydrogens (primary N) is 1. The molecule has 2 unspecified atom stereocenters. The van der Waals surface area contributed by atoms with Crippen molar-refractivity contribution in [1.82, 2.24) is 0 Å². The second-order valence-electron chi connectivity index (χ2n) is 5.09. The molecule has 0 aromatic heterocycles. The zero-order chi connectivity index (χ0) is 14.8. The number of benzene rings is 2. The number of fused-ring (bicyclic) bond motifs is 1. The van der Waals surface area contributed by atoms with Gasteiger partial charge in [-0.1, -0.05) is 18.2 Å². The number of hydrogen-bond acceptors (Lipinski definition) is 4. The van der Waals surface area contributed by atoms with E-state index < -0.39 is 0 Å². The minimum absolute atomic E-state index is 0.0455. The lowest BCUT2D eigenvalue weighted by Gasteiger charge is -2.31. The number of methoxy groups -OCH3 is 2. The first-order valence-corrected chi connectivity index (χ1v) is 6.96. The highest BCUT2D eigenvalue weighted by Crippen LogP contribution is 2.42. The van der Waals surface area contributed by atoms with Crippen LogP contribution in [0.25, 0.3) is 0 Å². The van der Waals surface area contributed by atoms with E-state index in [-0.39, 0.29) is 12.1 Å². The van der Waals surface area contributed by atoms with Crippen molar-refractivity contribution >= 4 is 0 Å². The summed E-state index contributed by atoms with van der Waals surface area (Å²) in [6.45, 7) is 0. The maximum atomic E-state index is 6.28. The third-order valence-corrected chi connectivity index (χ3v) is 3.84. The van der Waals surface area contributed by atoms with Crippen LogP contribution in [-0.4, -0.2) is 14.2 Å². The molecule has 21 heavy (non-hydrogen) atoms. The minimum Gasteiger partial charge on any atom is -0.497 e. The lowest BCUT2D eigenvalue weighted by atomic mass is 9.93. The SMILES string of the molecule is COc1ccc(OC)c(C2CC(N)c3ccccc3O2)c1. The third kappa shape index (κ3) is 2.54. The Kier molecular flexibility index (Phi) is 3.71. The predicted molar refractivity (Wildman–Crippen MR) is 80.9 cm³/mol. The molecule has 2 atom stereocenters. The highest BCUT2D eigenvalue weighted by Gasteiger charge is 2.29. The van der Waals surface area contributed by atoms with Crippen molar-refractivity contribution in [3.8, 4) is 17.2 Å². The van der Waals surface area contributed by atoms with Gasteiger partial charge in [0.15, 0.2) is 0 Å². The Hall–Kier alpha value is -2.20. The summed E-state index contributed by atoms with van der Waals surface area (Å²) in [5, 5.41) is 0. The fourth-order valence-electron chi connectivity index (χ4n) is 2.73. The molecule has 3 rings (SSSR count). The number of hydrogen-bond donors (Lipinski definition) is 1. The normalized spacial score (nSPS) is 20.3. The molecule has 1 aliphatic rings. The van der Waals surface area contributed by atoms with Crippen LogP contribution in [0.5, 0.6) is 17.2 Å². The van der Waals surface area contributed by atoms with E-state index in [1.54, 1.807) is 14.2 Å². The Morgan fingerprint density at radius 2 is 1.86 bits per heavy atom. The highest BCUT2D eigenvalue weighted by molar-refractivity contribution is 5.45. The summed E-state index contributed by atoms with van der Waals surface area (Å²) in [7, 11) is 3.30. The molecule has 0 aliphatic carbocycles. The summed E-state index contributed by atoms with van der Waals surface area (Å²) in [6, 6.07) is 13.6. The molecule has 0 spiro atoms. The van der Waals surface area contributed by atoms with Crippen LogP contribution >= 0.6 is 0 Å². The summed E-state index contributed by atoms with van der Waals surface area (Å²) in [6.07, 6.45) is 0.570. The number of rotatable bonds is 3. The molecule has 0 saturated carbocycles. The second-order valence-corrected chi connectivity index (χ2v) is 5.09. The van der Waals surface area contributed by atoms with Crippen molar-refractivity contribution in [2.24, 2.45) is 5.73 Å². The van der Waals surface area contributed by atoms with E-state index in [0.29, 0.717) is 6.42 Å². The maximum absolute atomic E-state index is 6.28. The molecule has 2 aromatic rings. The van der Waals surface area contributed by atoms with Crippen LogP contribution in [-0.2, 0) is 0 Å². The first kappa shape index (κ1) is 13.8. The van der Waals surface area contributed by atoms with Gasteiger partial charge >= 0.3 is 0 Å². The number of ether oxygens (including phenoxy) is 3. The van der Waals surface area contributed by atoms with Crippen LogP contribution in [0.1, 0.15) is 29.7 Å². The minimum atomic E-state index is -0.139. The van der Waals surface area contributed by atoms with Crippen LogP contribution < -0.4 is 19.9 Å². The topological polar surface area (TPSA) is 53.7 Å². The first-order valence-electron chi connectivity index (χ1n) is 6.96. The lowest BCUT2D eigenvalue weighted by molar-refractivity contribution is 0.157. The van der Waals surface area contributed by atoms with Gasteiger partial charge in [0.1, 0.15) is 23.4 Å². The summed E-state index contributed by atoms with van der Waals surface area (Å²) in [4.78, 5) is 0. The average molecular weight is 285 g/mol. The van der Waals surface area contributed by atoms with E-state index in [1.165, 1.54) is 0 Å². The molecule has 4 heteroatoms. The van der Waals surface area contributed by atoms with Crippen molar-refractivity contribution < 1.29 is 14.2 Å². The maximum Gasteiger partial charge on any atom is 0.129 e. The van der Waals surface area contributed by atoms with Crippen LogP contribution in [0, 0.1) is 0 Å². The quantitative estimate of drug-likeness (QED) is 0.940. The van der Waals surface area contributed by atoms with E-state index in [4.69, 9.17) is 19.9 Å². The van der Waals surface area contributed by atoms with Crippen molar-refractivity contribution in [1.29, 1.82) is 0 Å². The Morgan fingerprint density at radius 3 is 2.62 bits per heavy atom. The van der Waals surface area contributed by atoms with Crippen LogP contribution in [0.3, 0.4) is 0 Å². The molecule has 0 amide bonds. The van der Waals surface area contributed by atoms with Gasteiger partial charge in [-0.15, -0.1) is 0 Å². The van der Waals surface area contributed by atoms with Crippen molar-refractivity contribution in [3.63, 3.8) is 0 Å². The van der Waals surface area contributed by atoms with Gasteiger partial charge in [-0.25, -0.2) is 0 Å². The molecule has 0 fully saturated rings. The molecule has 0 radical (unpaired) electrons. The molecule has 1 aliphatic heterocycles. The van der Waals surface area contributed by atoms with E-state index in [2.05, 4.69) is 0 Å². The molecular weight excluding hydrogens is 266 g/mol. The third-order valence-electron chi connectivity index (χ3n) is 3.84. The van der Waals surface area contributed by atoms with Gasteiger partial charge < -0.3 is 19.9 Å². The van der Waals surface area contributed by atoms with Gasteiger partial charge in [-0.2, -0.15) is 0 Å². The van der Waals surface area contributed by atoms with Gasteiger partial charge in [0.25, 0.3) is 0 Å². The molecule has 110 valence electrons. The zero-order valence-electron chi connectivity index (χ0n) is 12.2. The number of para-hydroxylation sites is 1. The van der Waals surface area contributed by atoms with Gasteiger partial charge in [-0.05, 0) is 24.3 Å². The van der Waals surface area contributed by atoms with E-state index in [0.717, 1.165) is 28.4 Å². The fraction of sp³-hybridized carbons (Fsp3) is 0.294. The Labute approximate surface area is 124 Å². The molecule has 0 bridgehead atoms. The van der Waals surface area contributed by atoms with Gasteiger partial charge in [0, 0.05) is 23.6 Å². The Balaban J connectivity index is 1.99.